The van der Waals surface area contributed by atoms with Crippen molar-refractivity contribution in [2.45, 2.75) is 26.2 Å². The van der Waals surface area contributed by atoms with E-state index in [0.717, 1.165) is 16.9 Å². The number of rotatable bonds is 3. The summed E-state index contributed by atoms with van der Waals surface area (Å²) in [5, 5.41) is 0. The van der Waals surface area contributed by atoms with Crippen LogP contribution in [-0.4, -0.2) is 5.78 Å². The second-order valence-electron chi connectivity index (χ2n) is 8.68. The Bertz CT molecular complexity index is 1270. The average molecular weight is 404 g/mol. The number of hydrogen-bond acceptors (Lipinski definition) is 2. The van der Waals surface area contributed by atoms with Crippen molar-refractivity contribution in [2.75, 3.05) is 4.90 Å². The van der Waals surface area contributed by atoms with Gasteiger partial charge in [0.25, 0.3) is 0 Å². The van der Waals surface area contributed by atoms with Gasteiger partial charge in [0.05, 0.1) is 11.4 Å². The minimum Gasteiger partial charge on any atom is -0.310 e. The van der Waals surface area contributed by atoms with Gasteiger partial charge in [-0.15, -0.1) is 0 Å². The lowest BCUT2D eigenvalue weighted by molar-refractivity contribution is 0.101. The fraction of sp³-hybridized carbons (Fsp3) is 0.138. The number of carbonyl (C=O) groups is 1. The van der Waals surface area contributed by atoms with Gasteiger partial charge in [0, 0.05) is 16.7 Å². The molecule has 1 aliphatic heterocycles. The average Bonchev–Trinajstić information content (AvgIpc) is 2.80. The number of Topliss-reactive ketones (excluding diaryl/α,β-unsaturated/α-hetero) is 1. The zero-order chi connectivity index (χ0) is 21.6. The summed E-state index contributed by atoms with van der Waals surface area (Å²) in [5.74, 6) is 0.0937. The normalized spacial score (nSPS) is 14.0. The second-order valence-corrected chi connectivity index (χ2v) is 8.68. The van der Waals surface area contributed by atoms with Gasteiger partial charge in [-0.25, -0.2) is 0 Å². The summed E-state index contributed by atoms with van der Waals surface area (Å²) < 4.78 is 0. The maximum atomic E-state index is 12.1. The smallest absolute Gasteiger partial charge is 0.159 e. The Morgan fingerprint density at radius 1 is 0.677 bits per heavy atom. The van der Waals surface area contributed by atoms with Gasteiger partial charge in [0.2, 0.25) is 0 Å². The highest BCUT2D eigenvalue weighted by Gasteiger charge is 2.37. The molecule has 1 aliphatic rings. The largest absolute Gasteiger partial charge is 0.310 e. The predicted molar refractivity (Wildman–Crippen MR) is 129 cm³/mol. The Labute approximate surface area is 183 Å². The third-order valence-electron chi connectivity index (χ3n) is 6.37. The Kier molecular flexibility index (Phi) is 4.51. The molecule has 4 aromatic carbocycles. The van der Waals surface area contributed by atoms with Crippen molar-refractivity contribution in [3.8, 4) is 11.1 Å². The first-order chi connectivity index (χ1) is 15.0. The molecule has 0 aromatic heterocycles. The minimum absolute atomic E-state index is 0.0937. The molecule has 0 aliphatic carbocycles. The van der Waals surface area contributed by atoms with E-state index in [2.05, 4.69) is 104 Å². The first kappa shape index (κ1) is 19.3. The molecule has 0 fully saturated rings. The molecule has 0 radical (unpaired) electrons. The Morgan fingerprint density at radius 3 is 2.00 bits per heavy atom. The summed E-state index contributed by atoms with van der Waals surface area (Å²) in [6.45, 7) is 6.11. The van der Waals surface area contributed by atoms with Crippen molar-refractivity contribution in [3.05, 3.63) is 114 Å². The molecule has 0 saturated heterocycles. The Hall–Kier alpha value is -3.65. The van der Waals surface area contributed by atoms with E-state index >= 15 is 0 Å². The van der Waals surface area contributed by atoms with Crippen molar-refractivity contribution in [1.82, 2.24) is 0 Å². The highest BCUT2D eigenvalue weighted by molar-refractivity contribution is 5.96. The molecule has 0 unspecified atom stereocenters. The van der Waals surface area contributed by atoms with E-state index < -0.39 is 0 Å². The van der Waals surface area contributed by atoms with Gasteiger partial charge >= 0.3 is 0 Å². The third-order valence-corrected chi connectivity index (χ3v) is 6.37. The molecule has 31 heavy (non-hydrogen) atoms. The summed E-state index contributed by atoms with van der Waals surface area (Å²) in [7, 11) is 0. The van der Waals surface area contributed by atoms with Crippen LogP contribution in [0.25, 0.3) is 11.1 Å². The fourth-order valence-corrected chi connectivity index (χ4v) is 4.63. The van der Waals surface area contributed by atoms with Crippen LogP contribution in [0.2, 0.25) is 0 Å². The number of anilines is 3. The van der Waals surface area contributed by atoms with E-state index in [0.29, 0.717) is 0 Å². The SMILES string of the molecule is CC(=O)c1ccc2c(c1)C(C)(C)c1ccccc1N2c1ccc(-c2ccccc2)cc1. The van der Waals surface area contributed by atoms with E-state index in [4.69, 9.17) is 0 Å². The van der Waals surface area contributed by atoms with Crippen LogP contribution in [0.3, 0.4) is 0 Å². The number of benzene rings is 4. The number of hydrogen-bond donors (Lipinski definition) is 0. The summed E-state index contributed by atoms with van der Waals surface area (Å²) in [5.41, 5.74) is 8.82. The fourth-order valence-electron chi connectivity index (χ4n) is 4.63. The van der Waals surface area contributed by atoms with E-state index in [-0.39, 0.29) is 11.2 Å². The van der Waals surface area contributed by atoms with E-state index in [1.165, 1.54) is 27.9 Å². The van der Waals surface area contributed by atoms with Gasteiger partial charge in [-0.3, -0.25) is 4.79 Å². The molecule has 0 spiro atoms. The van der Waals surface area contributed by atoms with Crippen molar-refractivity contribution in [2.24, 2.45) is 0 Å². The molecular weight excluding hydrogens is 378 g/mol. The van der Waals surface area contributed by atoms with Crippen LogP contribution >= 0.6 is 0 Å². The Balaban J connectivity index is 1.68. The lowest BCUT2D eigenvalue weighted by Gasteiger charge is -2.42. The van der Waals surface area contributed by atoms with Crippen LogP contribution in [0, 0.1) is 0 Å². The van der Waals surface area contributed by atoms with Gasteiger partial charge < -0.3 is 4.90 Å². The van der Waals surface area contributed by atoms with E-state index in [9.17, 15) is 4.79 Å². The quantitative estimate of drug-likeness (QED) is 0.327. The van der Waals surface area contributed by atoms with Gasteiger partial charge in [-0.1, -0.05) is 74.5 Å². The summed E-state index contributed by atoms with van der Waals surface area (Å²) in [6, 6.07) is 33.8. The summed E-state index contributed by atoms with van der Waals surface area (Å²) in [4.78, 5) is 14.4. The lowest BCUT2D eigenvalue weighted by Crippen LogP contribution is -2.30. The highest BCUT2D eigenvalue weighted by atomic mass is 16.1. The third kappa shape index (κ3) is 3.16. The minimum atomic E-state index is -0.197. The van der Waals surface area contributed by atoms with Gasteiger partial charge in [-0.05, 0) is 65.6 Å². The second kappa shape index (κ2) is 7.24. The zero-order valence-electron chi connectivity index (χ0n) is 18.1. The molecule has 1 heterocycles. The van der Waals surface area contributed by atoms with E-state index in [1.807, 2.05) is 12.1 Å². The summed E-state index contributed by atoms with van der Waals surface area (Å²) in [6.07, 6.45) is 0. The van der Waals surface area contributed by atoms with Crippen LogP contribution in [-0.2, 0) is 5.41 Å². The maximum Gasteiger partial charge on any atom is 0.159 e. The number of nitrogens with zero attached hydrogens (tertiary/aromatic N) is 1. The van der Waals surface area contributed by atoms with Crippen LogP contribution < -0.4 is 4.90 Å². The first-order valence-electron chi connectivity index (χ1n) is 10.7. The van der Waals surface area contributed by atoms with Gasteiger partial charge in [0.1, 0.15) is 0 Å². The molecule has 152 valence electrons. The molecule has 5 rings (SSSR count). The predicted octanol–water partition coefficient (Wildman–Crippen LogP) is 7.67. The molecule has 0 atom stereocenters. The van der Waals surface area contributed by atoms with Crippen LogP contribution in [0.5, 0.6) is 0 Å². The first-order valence-corrected chi connectivity index (χ1v) is 10.7. The van der Waals surface area contributed by atoms with Gasteiger partial charge in [-0.2, -0.15) is 0 Å². The number of ketones is 1. The lowest BCUT2D eigenvalue weighted by atomic mass is 9.73. The van der Waals surface area contributed by atoms with Gasteiger partial charge in [0.15, 0.2) is 5.78 Å². The molecule has 0 N–H and O–H groups in total. The molecule has 4 aromatic rings. The highest BCUT2D eigenvalue weighted by Crippen LogP contribution is 2.52. The zero-order valence-corrected chi connectivity index (χ0v) is 18.1. The summed E-state index contributed by atoms with van der Waals surface area (Å²) >= 11 is 0. The monoisotopic (exact) mass is 403 g/mol. The molecule has 2 nitrogen and oxygen atoms in total. The van der Waals surface area contributed by atoms with Crippen LogP contribution in [0.15, 0.2) is 97.1 Å². The molecule has 2 heteroatoms. The standard InChI is InChI=1S/C29H25NO/c1-20(31)23-15-18-28-26(19-23)29(2,3)25-11-7-8-12-27(25)30(28)24-16-13-22(14-17-24)21-9-5-4-6-10-21/h4-19H,1-3H3. The molecule has 0 amide bonds. The number of carbonyl (C=O) groups excluding carboxylic acids is 1. The number of para-hydroxylation sites is 1. The van der Waals surface area contributed by atoms with Crippen molar-refractivity contribution < 1.29 is 4.79 Å². The topological polar surface area (TPSA) is 20.3 Å². The van der Waals surface area contributed by atoms with Crippen LogP contribution in [0.1, 0.15) is 42.3 Å². The number of fused-ring (bicyclic) bond motifs is 2. The van der Waals surface area contributed by atoms with Crippen LogP contribution in [0.4, 0.5) is 17.1 Å². The van der Waals surface area contributed by atoms with Crippen molar-refractivity contribution in [1.29, 1.82) is 0 Å². The van der Waals surface area contributed by atoms with Crippen molar-refractivity contribution >= 4 is 22.8 Å². The Morgan fingerprint density at radius 2 is 1.29 bits per heavy atom. The van der Waals surface area contributed by atoms with E-state index in [1.54, 1.807) is 6.92 Å². The maximum absolute atomic E-state index is 12.1. The van der Waals surface area contributed by atoms with Crippen molar-refractivity contribution in [3.63, 3.8) is 0 Å². The molecular formula is C29H25NO. The molecule has 0 bridgehead atoms. The molecule has 0 saturated carbocycles.